The molecule has 0 radical (unpaired) electrons. The van der Waals surface area contributed by atoms with Crippen LogP contribution in [0.15, 0.2) is 42.5 Å². The number of benzene rings is 2. The summed E-state index contributed by atoms with van der Waals surface area (Å²) in [7, 11) is 0. The van der Waals surface area contributed by atoms with Crippen molar-refractivity contribution in [3.05, 3.63) is 59.2 Å². The molecule has 184 valence electrons. The second-order valence-corrected chi connectivity index (χ2v) is 9.89. The third-order valence-corrected chi connectivity index (χ3v) is 6.96. The lowest BCUT2D eigenvalue weighted by atomic mass is 9.92. The number of carbonyl (C=O) groups is 1. The molecule has 0 saturated carbocycles. The van der Waals surface area contributed by atoms with Crippen LogP contribution in [-0.4, -0.2) is 65.8 Å². The van der Waals surface area contributed by atoms with Gasteiger partial charge in [-0.15, -0.1) is 0 Å². The first-order valence-corrected chi connectivity index (χ1v) is 12.5. The smallest absolute Gasteiger partial charge is 0.222 e. The molecule has 2 saturated heterocycles. The second-order valence-electron chi connectivity index (χ2n) is 9.89. The molecule has 0 atom stereocenters. The van der Waals surface area contributed by atoms with Crippen molar-refractivity contribution in [3.8, 4) is 11.5 Å². The normalized spacial score (nSPS) is 18.3. The van der Waals surface area contributed by atoms with Gasteiger partial charge in [0, 0.05) is 39.1 Å². The topological polar surface area (TPSA) is 62.2 Å². The Balaban J connectivity index is 1.16. The fourth-order valence-corrected chi connectivity index (χ4v) is 4.78. The Labute approximate surface area is 203 Å². The number of ether oxygens (including phenoxy) is 2. The van der Waals surface area contributed by atoms with Gasteiger partial charge in [0.25, 0.3) is 0 Å². The molecule has 0 aliphatic carbocycles. The predicted octanol–water partition coefficient (Wildman–Crippen LogP) is 4.10. The van der Waals surface area contributed by atoms with Gasteiger partial charge in [-0.05, 0) is 68.9 Å². The van der Waals surface area contributed by atoms with Crippen LogP contribution in [0.3, 0.4) is 0 Å². The van der Waals surface area contributed by atoms with Crippen LogP contribution in [0.4, 0.5) is 0 Å². The van der Waals surface area contributed by atoms with Gasteiger partial charge in [-0.2, -0.15) is 0 Å². The van der Waals surface area contributed by atoms with Crippen molar-refractivity contribution in [2.75, 3.05) is 39.4 Å². The molecule has 0 spiro atoms. The SMILES string of the molecule is Cc1ccc(OCC2(O)CCN(Cc3ccc(OCCCN4CCCC4=O)cc3)CC2)c(C)c1. The van der Waals surface area contributed by atoms with Crippen molar-refractivity contribution in [3.63, 3.8) is 0 Å². The molecule has 4 rings (SSSR count). The second kappa shape index (κ2) is 11.2. The number of piperidine rings is 1. The third kappa shape index (κ3) is 6.73. The molecule has 34 heavy (non-hydrogen) atoms. The largest absolute Gasteiger partial charge is 0.494 e. The molecule has 1 N–H and O–H groups in total. The van der Waals surface area contributed by atoms with Crippen LogP contribution in [0.5, 0.6) is 11.5 Å². The molecular formula is C28H38N2O4. The van der Waals surface area contributed by atoms with Crippen LogP contribution in [-0.2, 0) is 11.3 Å². The fraction of sp³-hybridized carbons (Fsp3) is 0.536. The van der Waals surface area contributed by atoms with Crippen LogP contribution >= 0.6 is 0 Å². The molecule has 2 aliphatic rings. The maximum atomic E-state index is 11.6. The van der Waals surface area contributed by atoms with Crippen LogP contribution in [0.2, 0.25) is 0 Å². The van der Waals surface area contributed by atoms with Crippen molar-refractivity contribution in [2.45, 2.75) is 58.1 Å². The molecule has 2 aromatic rings. The Bertz CT molecular complexity index is 951. The van der Waals surface area contributed by atoms with Gasteiger partial charge >= 0.3 is 0 Å². The van der Waals surface area contributed by atoms with Gasteiger partial charge in [0.15, 0.2) is 0 Å². The zero-order chi connectivity index (χ0) is 24.0. The summed E-state index contributed by atoms with van der Waals surface area (Å²) in [5, 5.41) is 11.0. The van der Waals surface area contributed by atoms with E-state index in [-0.39, 0.29) is 5.91 Å². The molecule has 2 fully saturated rings. The number of carbonyl (C=O) groups excluding carboxylic acids is 1. The summed E-state index contributed by atoms with van der Waals surface area (Å²) in [5.74, 6) is 2.00. The maximum Gasteiger partial charge on any atom is 0.222 e. The van der Waals surface area contributed by atoms with E-state index in [0.29, 0.717) is 32.5 Å². The summed E-state index contributed by atoms with van der Waals surface area (Å²) in [5.41, 5.74) is 2.79. The first-order chi connectivity index (χ1) is 16.4. The monoisotopic (exact) mass is 466 g/mol. The van der Waals surface area contributed by atoms with E-state index in [0.717, 1.165) is 62.6 Å². The van der Waals surface area contributed by atoms with Crippen LogP contribution in [0.25, 0.3) is 0 Å². The van der Waals surface area contributed by atoms with E-state index in [2.05, 4.69) is 30.0 Å². The quantitative estimate of drug-likeness (QED) is 0.534. The van der Waals surface area contributed by atoms with Gasteiger partial charge in [0.05, 0.1) is 6.61 Å². The Morgan fingerprint density at radius 2 is 1.76 bits per heavy atom. The fourth-order valence-electron chi connectivity index (χ4n) is 4.78. The standard InChI is InChI=1S/C28H38N2O4/c1-22-6-11-26(23(2)19-22)34-21-28(32)12-16-29(17-13-28)20-24-7-9-25(10-8-24)33-18-4-15-30-14-3-5-27(30)31/h6-11,19,32H,3-5,12-18,20-21H2,1-2H3. The van der Waals surface area contributed by atoms with E-state index in [1.807, 2.05) is 36.1 Å². The lowest BCUT2D eigenvalue weighted by Crippen LogP contribution is -2.47. The van der Waals surface area contributed by atoms with Gasteiger partial charge in [-0.3, -0.25) is 9.69 Å². The minimum Gasteiger partial charge on any atom is -0.494 e. The van der Waals surface area contributed by atoms with Gasteiger partial charge in [-0.1, -0.05) is 29.8 Å². The number of nitrogens with zero attached hydrogens (tertiary/aromatic N) is 2. The number of aliphatic hydroxyl groups is 1. The minimum absolute atomic E-state index is 0.273. The highest BCUT2D eigenvalue weighted by atomic mass is 16.5. The van der Waals surface area contributed by atoms with Crippen molar-refractivity contribution in [2.24, 2.45) is 0 Å². The minimum atomic E-state index is -0.773. The first-order valence-electron chi connectivity index (χ1n) is 12.5. The zero-order valence-corrected chi connectivity index (χ0v) is 20.6. The number of likely N-dealkylation sites (tertiary alicyclic amines) is 2. The van der Waals surface area contributed by atoms with Crippen LogP contribution in [0.1, 0.15) is 48.8 Å². The average molecular weight is 467 g/mol. The highest BCUT2D eigenvalue weighted by Gasteiger charge is 2.33. The van der Waals surface area contributed by atoms with Crippen LogP contribution < -0.4 is 9.47 Å². The molecule has 2 heterocycles. The van der Waals surface area contributed by atoms with E-state index >= 15 is 0 Å². The summed E-state index contributed by atoms with van der Waals surface area (Å²) in [6, 6.07) is 14.4. The van der Waals surface area contributed by atoms with Gasteiger partial charge in [-0.25, -0.2) is 0 Å². The van der Waals surface area contributed by atoms with E-state index < -0.39 is 5.60 Å². The Morgan fingerprint density at radius 3 is 2.44 bits per heavy atom. The lowest BCUT2D eigenvalue weighted by Gasteiger charge is -2.38. The Morgan fingerprint density at radius 1 is 1.00 bits per heavy atom. The van der Waals surface area contributed by atoms with E-state index in [1.165, 1.54) is 11.1 Å². The number of hydrogen-bond donors (Lipinski definition) is 1. The molecule has 0 unspecified atom stereocenters. The summed E-state index contributed by atoms with van der Waals surface area (Å²) in [6.07, 6.45) is 3.95. The van der Waals surface area contributed by atoms with Crippen molar-refractivity contribution in [1.29, 1.82) is 0 Å². The third-order valence-electron chi connectivity index (χ3n) is 6.96. The first kappa shape index (κ1) is 24.6. The maximum absolute atomic E-state index is 11.6. The van der Waals surface area contributed by atoms with E-state index in [1.54, 1.807) is 0 Å². The number of rotatable bonds is 10. The summed E-state index contributed by atoms with van der Waals surface area (Å²) in [6.45, 7) is 9.31. The lowest BCUT2D eigenvalue weighted by molar-refractivity contribution is -0.127. The molecule has 6 nitrogen and oxygen atoms in total. The number of aryl methyl sites for hydroxylation is 2. The van der Waals surface area contributed by atoms with E-state index in [4.69, 9.17) is 9.47 Å². The van der Waals surface area contributed by atoms with Crippen molar-refractivity contribution < 1.29 is 19.4 Å². The average Bonchev–Trinajstić information content (AvgIpc) is 3.23. The Hall–Kier alpha value is -2.57. The number of hydrogen-bond acceptors (Lipinski definition) is 5. The highest BCUT2D eigenvalue weighted by Crippen LogP contribution is 2.27. The molecule has 2 aromatic carbocycles. The molecule has 0 aromatic heterocycles. The molecule has 2 aliphatic heterocycles. The van der Waals surface area contributed by atoms with Crippen LogP contribution in [0, 0.1) is 13.8 Å². The van der Waals surface area contributed by atoms with Gasteiger partial charge in [0.1, 0.15) is 23.7 Å². The van der Waals surface area contributed by atoms with Gasteiger partial charge in [0.2, 0.25) is 5.91 Å². The molecule has 0 bridgehead atoms. The summed E-state index contributed by atoms with van der Waals surface area (Å²) < 4.78 is 11.8. The Kier molecular flexibility index (Phi) is 8.11. The van der Waals surface area contributed by atoms with Crippen molar-refractivity contribution in [1.82, 2.24) is 9.80 Å². The van der Waals surface area contributed by atoms with Crippen molar-refractivity contribution >= 4 is 5.91 Å². The summed E-state index contributed by atoms with van der Waals surface area (Å²) >= 11 is 0. The zero-order valence-electron chi connectivity index (χ0n) is 20.6. The molecular weight excluding hydrogens is 428 g/mol. The van der Waals surface area contributed by atoms with E-state index in [9.17, 15) is 9.90 Å². The van der Waals surface area contributed by atoms with Gasteiger partial charge < -0.3 is 19.5 Å². The molecule has 1 amide bonds. The summed E-state index contributed by atoms with van der Waals surface area (Å²) in [4.78, 5) is 16.0. The number of amides is 1. The highest BCUT2D eigenvalue weighted by molar-refractivity contribution is 5.77. The molecule has 6 heteroatoms. The predicted molar refractivity (Wildman–Crippen MR) is 133 cm³/mol.